The third kappa shape index (κ3) is 1.62. The van der Waals surface area contributed by atoms with Gasteiger partial charge in [0.25, 0.3) is 5.91 Å². The lowest BCUT2D eigenvalue weighted by molar-refractivity contribution is 0.0706. The number of hydrogen-bond donors (Lipinski definition) is 2. The molecule has 2 atom stereocenters. The first-order valence-corrected chi connectivity index (χ1v) is 6.11. The van der Waals surface area contributed by atoms with Crippen molar-refractivity contribution in [1.82, 2.24) is 10.4 Å². The number of halogens is 1. The molecule has 1 fully saturated rings. The molecular formula is C13H15FN2O2. The Kier molecular flexibility index (Phi) is 2.60. The summed E-state index contributed by atoms with van der Waals surface area (Å²) in [6.07, 6.45) is 0.968. The maximum atomic E-state index is 14.1. The van der Waals surface area contributed by atoms with Crippen LogP contribution in [0.4, 0.5) is 4.39 Å². The first kappa shape index (κ1) is 11.6. The second-order valence-electron chi connectivity index (χ2n) is 5.26. The van der Waals surface area contributed by atoms with E-state index in [9.17, 15) is 9.18 Å². The van der Waals surface area contributed by atoms with Gasteiger partial charge < -0.3 is 0 Å². The van der Waals surface area contributed by atoms with Gasteiger partial charge in [-0.25, -0.2) is 9.87 Å². The Morgan fingerprint density at radius 1 is 1.56 bits per heavy atom. The third-order valence-electron chi connectivity index (χ3n) is 3.90. The van der Waals surface area contributed by atoms with Gasteiger partial charge in [-0.1, -0.05) is 6.92 Å². The zero-order valence-corrected chi connectivity index (χ0v) is 10.1. The molecule has 2 aliphatic rings. The number of hydroxylamine groups is 1. The summed E-state index contributed by atoms with van der Waals surface area (Å²) < 4.78 is 14.1. The highest BCUT2D eigenvalue weighted by atomic mass is 19.1. The standard InChI is InChI=1S/C13H15FN2O2/c1-7-2-11-12-9(6-16(11)5-7)3-8(4-10(12)14)13(17)15-18/h3-4,7,11,18H,2,5-6H2,1H3,(H,15,17)/t7-,11+/m0/s1. The molecule has 0 aromatic heterocycles. The van der Waals surface area contributed by atoms with E-state index in [1.165, 1.54) is 11.5 Å². The van der Waals surface area contributed by atoms with E-state index in [-0.39, 0.29) is 17.4 Å². The summed E-state index contributed by atoms with van der Waals surface area (Å²) in [5, 5.41) is 8.59. The van der Waals surface area contributed by atoms with Crippen LogP contribution in [0.1, 0.15) is 40.9 Å². The van der Waals surface area contributed by atoms with Crippen LogP contribution in [-0.2, 0) is 6.54 Å². The maximum absolute atomic E-state index is 14.1. The van der Waals surface area contributed by atoms with Crippen molar-refractivity contribution in [3.8, 4) is 0 Å². The van der Waals surface area contributed by atoms with Gasteiger partial charge in [-0.05, 0) is 30.0 Å². The predicted molar refractivity (Wildman–Crippen MR) is 62.6 cm³/mol. The van der Waals surface area contributed by atoms with E-state index in [0.29, 0.717) is 12.5 Å². The van der Waals surface area contributed by atoms with Gasteiger partial charge in [0.2, 0.25) is 0 Å². The van der Waals surface area contributed by atoms with Gasteiger partial charge in [-0.2, -0.15) is 0 Å². The molecule has 1 aromatic rings. The fraction of sp³-hybridized carbons (Fsp3) is 0.462. The molecule has 1 saturated heterocycles. The summed E-state index contributed by atoms with van der Waals surface area (Å²) in [4.78, 5) is 13.6. The van der Waals surface area contributed by atoms with Crippen LogP contribution < -0.4 is 5.48 Å². The molecule has 0 unspecified atom stereocenters. The van der Waals surface area contributed by atoms with Gasteiger partial charge in [0.15, 0.2) is 0 Å². The van der Waals surface area contributed by atoms with Crippen molar-refractivity contribution < 1.29 is 14.4 Å². The SMILES string of the molecule is C[C@H]1C[C@@H]2c3c(F)cc(C(=O)NO)cc3CN2C1. The molecular weight excluding hydrogens is 235 g/mol. The molecule has 2 heterocycles. The monoisotopic (exact) mass is 250 g/mol. The van der Waals surface area contributed by atoms with E-state index >= 15 is 0 Å². The minimum absolute atomic E-state index is 0.154. The highest BCUT2D eigenvalue weighted by Crippen LogP contribution is 2.44. The van der Waals surface area contributed by atoms with Crippen molar-refractivity contribution in [2.45, 2.75) is 25.9 Å². The Bertz CT molecular complexity index is 518. The third-order valence-corrected chi connectivity index (χ3v) is 3.90. The Hall–Kier alpha value is -1.46. The molecule has 0 saturated carbocycles. The molecule has 0 radical (unpaired) electrons. The molecule has 4 nitrogen and oxygen atoms in total. The normalized spacial score (nSPS) is 25.9. The molecule has 3 rings (SSSR count). The summed E-state index contributed by atoms with van der Waals surface area (Å²) in [5.41, 5.74) is 3.30. The number of nitrogens with one attached hydrogen (secondary N) is 1. The number of fused-ring (bicyclic) bond motifs is 3. The summed E-state index contributed by atoms with van der Waals surface area (Å²) in [5.74, 6) is -0.423. The van der Waals surface area contributed by atoms with E-state index in [0.717, 1.165) is 24.1 Å². The molecule has 18 heavy (non-hydrogen) atoms. The van der Waals surface area contributed by atoms with Crippen LogP contribution in [0.3, 0.4) is 0 Å². The van der Waals surface area contributed by atoms with Crippen LogP contribution in [0.25, 0.3) is 0 Å². The number of nitrogens with zero attached hydrogens (tertiary/aromatic N) is 1. The molecule has 5 heteroatoms. The van der Waals surface area contributed by atoms with Gasteiger partial charge in [-0.3, -0.25) is 14.9 Å². The topological polar surface area (TPSA) is 52.6 Å². The molecule has 0 aliphatic carbocycles. The lowest BCUT2D eigenvalue weighted by atomic mass is 9.96. The quantitative estimate of drug-likeness (QED) is 0.590. The average Bonchev–Trinajstić information content (AvgIpc) is 2.82. The number of amides is 1. The lowest BCUT2D eigenvalue weighted by Gasteiger charge is -2.14. The lowest BCUT2D eigenvalue weighted by Crippen LogP contribution is -2.19. The van der Waals surface area contributed by atoms with Gasteiger partial charge in [-0.15, -0.1) is 0 Å². The largest absolute Gasteiger partial charge is 0.292 e. The first-order chi connectivity index (χ1) is 8.60. The van der Waals surface area contributed by atoms with Crippen LogP contribution in [0.5, 0.6) is 0 Å². The summed E-state index contributed by atoms with van der Waals surface area (Å²) in [7, 11) is 0. The van der Waals surface area contributed by atoms with E-state index in [4.69, 9.17) is 5.21 Å². The molecule has 2 aliphatic heterocycles. The minimum atomic E-state index is -0.669. The molecule has 1 aromatic carbocycles. The number of hydrogen-bond acceptors (Lipinski definition) is 3. The Balaban J connectivity index is 2.02. The Morgan fingerprint density at radius 2 is 2.33 bits per heavy atom. The Morgan fingerprint density at radius 3 is 3.06 bits per heavy atom. The summed E-state index contributed by atoms with van der Waals surface area (Å²) >= 11 is 0. The van der Waals surface area contributed by atoms with Crippen LogP contribution in [-0.4, -0.2) is 22.6 Å². The number of rotatable bonds is 1. The van der Waals surface area contributed by atoms with Crippen molar-refractivity contribution in [2.75, 3.05) is 6.54 Å². The van der Waals surface area contributed by atoms with Crippen LogP contribution in [0.2, 0.25) is 0 Å². The van der Waals surface area contributed by atoms with Crippen LogP contribution in [0, 0.1) is 11.7 Å². The summed E-state index contributed by atoms with van der Waals surface area (Å²) in [6, 6.07) is 3.03. The second-order valence-corrected chi connectivity index (χ2v) is 5.26. The van der Waals surface area contributed by atoms with Gasteiger partial charge in [0, 0.05) is 30.3 Å². The van der Waals surface area contributed by atoms with Gasteiger partial charge in [0.05, 0.1) is 0 Å². The van der Waals surface area contributed by atoms with E-state index in [2.05, 4.69) is 11.8 Å². The van der Waals surface area contributed by atoms with E-state index in [1.54, 1.807) is 6.07 Å². The van der Waals surface area contributed by atoms with E-state index in [1.807, 2.05) is 0 Å². The van der Waals surface area contributed by atoms with Gasteiger partial charge >= 0.3 is 0 Å². The molecule has 2 N–H and O–H groups in total. The second kappa shape index (κ2) is 4.03. The number of carbonyl (C=O) groups excluding carboxylic acids is 1. The molecule has 96 valence electrons. The fourth-order valence-corrected chi connectivity index (χ4v) is 3.20. The smallest absolute Gasteiger partial charge is 0.274 e. The molecule has 1 amide bonds. The van der Waals surface area contributed by atoms with Crippen molar-refractivity contribution in [3.05, 3.63) is 34.6 Å². The van der Waals surface area contributed by atoms with Crippen molar-refractivity contribution in [1.29, 1.82) is 0 Å². The van der Waals surface area contributed by atoms with Gasteiger partial charge in [0.1, 0.15) is 5.82 Å². The minimum Gasteiger partial charge on any atom is -0.292 e. The highest BCUT2D eigenvalue weighted by molar-refractivity contribution is 5.93. The maximum Gasteiger partial charge on any atom is 0.274 e. The average molecular weight is 250 g/mol. The predicted octanol–water partition coefficient (Wildman–Crippen LogP) is 1.84. The fourth-order valence-electron chi connectivity index (χ4n) is 3.20. The van der Waals surface area contributed by atoms with Crippen LogP contribution in [0.15, 0.2) is 12.1 Å². The Labute approximate surface area is 104 Å². The van der Waals surface area contributed by atoms with Crippen molar-refractivity contribution in [3.63, 3.8) is 0 Å². The summed E-state index contributed by atoms with van der Waals surface area (Å²) in [6.45, 7) is 3.83. The van der Waals surface area contributed by atoms with E-state index < -0.39 is 5.91 Å². The highest BCUT2D eigenvalue weighted by Gasteiger charge is 2.39. The zero-order chi connectivity index (χ0) is 12.9. The molecule has 0 bridgehead atoms. The zero-order valence-electron chi connectivity index (χ0n) is 10.1. The molecule has 0 spiro atoms. The number of carbonyl (C=O) groups is 1. The van der Waals surface area contributed by atoms with Crippen molar-refractivity contribution >= 4 is 5.91 Å². The number of benzene rings is 1. The van der Waals surface area contributed by atoms with Crippen molar-refractivity contribution in [2.24, 2.45) is 5.92 Å². The first-order valence-electron chi connectivity index (χ1n) is 6.11. The van der Waals surface area contributed by atoms with Crippen LogP contribution >= 0.6 is 0 Å².